The predicted octanol–water partition coefficient (Wildman–Crippen LogP) is 2.74. The summed E-state index contributed by atoms with van der Waals surface area (Å²) in [5.74, 6) is 0.286. The van der Waals surface area contributed by atoms with Gasteiger partial charge in [0.2, 0.25) is 0 Å². The van der Waals surface area contributed by atoms with Crippen LogP contribution in [0.1, 0.15) is 16.7 Å². The quantitative estimate of drug-likeness (QED) is 0.239. The van der Waals surface area contributed by atoms with Crippen molar-refractivity contribution in [2.75, 3.05) is 0 Å². The van der Waals surface area contributed by atoms with Crippen molar-refractivity contribution < 1.29 is 15.3 Å². The lowest BCUT2D eigenvalue weighted by molar-refractivity contribution is 0.474. The number of nitrogens with zero attached hydrogens (tertiary/aromatic N) is 4. The fourth-order valence-corrected chi connectivity index (χ4v) is 2.33. The number of hydrogen-bond acceptors (Lipinski definition) is 7. The average Bonchev–Trinajstić information content (AvgIpc) is 2.77. The largest absolute Gasteiger partial charge is 0.507 e. The summed E-state index contributed by atoms with van der Waals surface area (Å²) in [6, 6.07) is 20.1. The van der Waals surface area contributed by atoms with E-state index in [-0.39, 0.29) is 23.2 Å². The van der Waals surface area contributed by atoms with Crippen LogP contribution in [0.2, 0.25) is 0 Å². The third-order valence-corrected chi connectivity index (χ3v) is 3.91. The van der Waals surface area contributed by atoms with Crippen LogP contribution < -0.4 is 10.9 Å². The Morgan fingerprint density at radius 1 is 0.581 bits per heavy atom. The van der Waals surface area contributed by atoms with Crippen LogP contribution >= 0.6 is 0 Å². The summed E-state index contributed by atoms with van der Waals surface area (Å²) < 4.78 is 0. The molecule has 0 aromatic heterocycles. The van der Waals surface area contributed by atoms with Crippen LogP contribution in [-0.2, 0) is 0 Å². The monoisotopic (exact) mass is 416 g/mol. The first kappa shape index (κ1) is 21.1. The molecular formula is C22H20N6O3. The second-order valence-electron chi connectivity index (χ2n) is 6.11. The predicted molar refractivity (Wildman–Crippen MR) is 121 cm³/mol. The molecule has 0 fully saturated rings. The number of phenolic OH excluding ortho intramolecular Hbond substituents is 3. The molecule has 0 saturated carbocycles. The number of guanidine groups is 1. The Kier molecular flexibility index (Phi) is 7.31. The second kappa shape index (κ2) is 10.8. The molecular weight excluding hydrogens is 396 g/mol. The van der Waals surface area contributed by atoms with Crippen molar-refractivity contribution in [3.8, 4) is 17.2 Å². The van der Waals surface area contributed by atoms with Gasteiger partial charge in [-0.05, 0) is 36.4 Å². The van der Waals surface area contributed by atoms with Crippen LogP contribution in [0.15, 0.2) is 93.2 Å². The molecule has 5 N–H and O–H groups in total. The summed E-state index contributed by atoms with van der Waals surface area (Å²) in [5, 5.41) is 45.3. The first-order chi connectivity index (χ1) is 15.1. The molecule has 9 heteroatoms. The van der Waals surface area contributed by atoms with Crippen molar-refractivity contribution >= 4 is 24.6 Å². The zero-order chi connectivity index (χ0) is 21.9. The summed E-state index contributed by atoms with van der Waals surface area (Å²) in [4.78, 5) is 0. The van der Waals surface area contributed by atoms with Gasteiger partial charge in [-0.25, -0.2) is 10.9 Å². The van der Waals surface area contributed by atoms with Crippen LogP contribution in [0.5, 0.6) is 17.2 Å². The zero-order valence-electron chi connectivity index (χ0n) is 16.3. The minimum Gasteiger partial charge on any atom is -0.507 e. The Bertz CT molecular complexity index is 1080. The summed E-state index contributed by atoms with van der Waals surface area (Å²) in [7, 11) is 0. The van der Waals surface area contributed by atoms with Gasteiger partial charge < -0.3 is 15.3 Å². The third-order valence-electron chi connectivity index (χ3n) is 3.91. The minimum atomic E-state index is 0.0602. The van der Waals surface area contributed by atoms with Crippen molar-refractivity contribution in [3.05, 3.63) is 89.5 Å². The SMILES string of the molecule is Oc1ccccc1C=NN=C(NN=Cc1ccccc1O)NN=Cc1ccccc1O. The molecule has 0 atom stereocenters. The molecule has 31 heavy (non-hydrogen) atoms. The normalized spacial score (nSPS) is 11.2. The molecule has 0 unspecified atom stereocenters. The van der Waals surface area contributed by atoms with Crippen molar-refractivity contribution in [1.82, 2.24) is 10.9 Å². The number of benzene rings is 3. The highest BCUT2D eigenvalue weighted by molar-refractivity contribution is 5.88. The van der Waals surface area contributed by atoms with Crippen molar-refractivity contribution in [1.29, 1.82) is 0 Å². The van der Waals surface area contributed by atoms with E-state index in [9.17, 15) is 15.3 Å². The molecule has 0 spiro atoms. The van der Waals surface area contributed by atoms with Gasteiger partial charge in [0.05, 0.1) is 18.6 Å². The Balaban J connectivity index is 1.75. The number of hydrazone groups is 2. The summed E-state index contributed by atoms with van der Waals surface area (Å²) in [6.45, 7) is 0. The summed E-state index contributed by atoms with van der Waals surface area (Å²) >= 11 is 0. The number of para-hydroxylation sites is 3. The smallest absolute Gasteiger partial charge is 0.257 e. The molecule has 156 valence electrons. The molecule has 0 aliphatic heterocycles. The van der Waals surface area contributed by atoms with Gasteiger partial charge in [-0.3, -0.25) is 0 Å². The maximum absolute atomic E-state index is 9.80. The van der Waals surface area contributed by atoms with Crippen LogP contribution in [0.3, 0.4) is 0 Å². The molecule has 0 aliphatic rings. The fraction of sp³-hybridized carbons (Fsp3) is 0. The Hall–Kier alpha value is -4.66. The van der Waals surface area contributed by atoms with E-state index >= 15 is 0 Å². The Labute approximate surface area is 178 Å². The molecule has 0 aliphatic carbocycles. The summed E-state index contributed by atoms with van der Waals surface area (Å²) in [5.41, 5.74) is 6.78. The van der Waals surface area contributed by atoms with Gasteiger partial charge in [-0.1, -0.05) is 36.4 Å². The molecule has 0 saturated heterocycles. The average molecular weight is 416 g/mol. The van der Waals surface area contributed by atoms with Crippen LogP contribution in [0.25, 0.3) is 0 Å². The number of rotatable bonds is 6. The molecule has 0 radical (unpaired) electrons. The fourth-order valence-electron chi connectivity index (χ4n) is 2.33. The molecule has 3 rings (SSSR count). The number of aromatic hydroxyl groups is 3. The van der Waals surface area contributed by atoms with E-state index < -0.39 is 0 Å². The van der Waals surface area contributed by atoms with Gasteiger partial charge in [-0.15, -0.1) is 5.10 Å². The molecule has 3 aromatic rings. The molecule has 0 bridgehead atoms. The number of nitrogens with one attached hydrogen (secondary N) is 2. The highest BCUT2D eigenvalue weighted by atomic mass is 16.3. The molecule has 9 nitrogen and oxygen atoms in total. The highest BCUT2D eigenvalue weighted by Gasteiger charge is 1.99. The van der Waals surface area contributed by atoms with Gasteiger partial charge in [-0.2, -0.15) is 15.3 Å². The maximum atomic E-state index is 9.80. The minimum absolute atomic E-state index is 0.0602. The van der Waals surface area contributed by atoms with Crippen molar-refractivity contribution in [2.45, 2.75) is 0 Å². The van der Waals surface area contributed by atoms with E-state index in [0.29, 0.717) is 16.7 Å². The van der Waals surface area contributed by atoms with Gasteiger partial charge in [0.25, 0.3) is 5.96 Å². The molecule has 0 amide bonds. The lowest BCUT2D eigenvalue weighted by Gasteiger charge is -2.03. The first-order valence-corrected chi connectivity index (χ1v) is 9.16. The Morgan fingerprint density at radius 2 is 0.968 bits per heavy atom. The lowest BCUT2D eigenvalue weighted by Crippen LogP contribution is -2.30. The first-order valence-electron chi connectivity index (χ1n) is 9.16. The van der Waals surface area contributed by atoms with Gasteiger partial charge in [0.15, 0.2) is 0 Å². The summed E-state index contributed by atoms with van der Waals surface area (Å²) in [6.07, 6.45) is 4.19. The third kappa shape index (κ3) is 6.43. The topological polar surface area (TPSA) is 134 Å². The Morgan fingerprint density at radius 3 is 1.39 bits per heavy atom. The van der Waals surface area contributed by atoms with E-state index in [1.165, 1.54) is 24.7 Å². The highest BCUT2D eigenvalue weighted by Crippen LogP contribution is 2.14. The van der Waals surface area contributed by atoms with Crippen LogP contribution in [0, 0.1) is 0 Å². The van der Waals surface area contributed by atoms with Crippen LogP contribution in [-0.4, -0.2) is 39.9 Å². The number of phenols is 3. The zero-order valence-corrected chi connectivity index (χ0v) is 16.3. The second-order valence-corrected chi connectivity index (χ2v) is 6.11. The van der Waals surface area contributed by atoms with Gasteiger partial charge in [0.1, 0.15) is 17.2 Å². The van der Waals surface area contributed by atoms with Gasteiger partial charge in [0, 0.05) is 16.7 Å². The van der Waals surface area contributed by atoms with Crippen LogP contribution in [0.4, 0.5) is 0 Å². The standard InChI is InChI=1S/C22H20N6O3/c29-19-10-4-1-7-16(19)13-23-26-22(27-24-14-17-8-2-5-11-20(17)30)28-25-15-18-9-3-6-12-21(18)31/h1-15,29-31H,(H2,26,27,28). The molecule has 0 heterocycles. The van der Waals surface area contributed by atoms with E-state index in [2.05, 4.69) is 31.3 Å². The van der Waals surface area contributed by atoms with Crippen molar-refractivity contribution in [3.63, 3.8) is 0 Å². The van der Waals surface area contributed by atoms with E-state index in [4.69, 9.17) is 0 Å². The van der Waals surface area contributed by atoms with Crippen molar-refractivity contribution in [2.24, 2.45) is 20.4 Å². The van der Waals surface area contributed by atoms with E-state index in [1.54, 1.807) is 66.7 Å². The number of hydrogen-bond donors (Lipinski definition) is 5. The van der Waals surface area contributed by atoms with Gasteiger partial charge >= 0.3 is 0 Å². The maximum Gasteiger partial charge on any atom is 0.257 e. The van der Waals surface area contributed by atoms with E-state index in [1.807, 2.05) is 0 Å². The lowest BCUT2D eigenvalue weighted by atomic mass is 10.2. The van der Waals surface area contributed by atoms with E-state index in [0.717, 1.165) is 0 Å². The molecule has 3 aromatic carbocycles.